The maximum absolute atomic E-state index is 7.49. The zero-order chi connectivity index (χ0) is 13.2. The van der Waals surface area contributed by atoms with E-state index in [9.17, 15) is 0 Å². The lowest BCUT2D eigenvalue weighted by molar-refractivity contribution is 0.202. The first-order chi connectivity index (χ1) is 9.24. The molecule has 0 bridgehead atoms. The van der Waals surface area contributed by atoms with Gasteiger partial charge in [0.25, 0.3) is 0 Å². The van der Waals surface area contributed by atoms with Gasteiger partial charge in [0.2, 0.25) is 0 Å². The Morgan fingerprint density at radius 1 is 1.26 bits per heavy atom. The summed E-state index contributed by atoms with van der Waals surface area (Å²) in [5, 5.41) is 7.49. The lowest BCUT2D eigenvalue weighted by Crippen LogP contribution is -2.41. The Hall–Kier alpha value is -1.58. The Kier molecular flexibility index (Phi) is 3.40. The molecule has 3 N–H and O–H groups in total. The number of rotatable bonds is 2. The van der Waals surface area contributed by atoms with Gasteiger partial charge in [0.1, 0.15) is 11.5 Å². The molecule has 2 fully saturated rings. The summed E-state index contributed by atoms with van der Waals surface area (Å²) in [4.78, 5) is 6.58. The highest BCUT2D eigenvalue weighted by Crippen LogP contribution is 2.37. The Bertz CT molecular complexity index is 471. The highest BCUT2D eigenvalue weighted by molar-refractivity contribution is 5.93. The van der Waals surface area contributed by atoms with Crippen LogP contribution in [0.2, 0.25) is 0 Å². The molecule has 1 aromatic heterocycles. The Labute approximate surface area is 114 Å². The largest absolute Gasteiger partial charge is 0.382 e. The highest BCUT2D eigenvalue weighted by Gasteiger charge is 2.31. The number of nitrogen functional groups attached to an aromatic ring is 1. The zero-order valence-electron chi connectivity index (χ0n) is 11.3. The molecule has 2 unspecified atom stereocenters. The van der Waals surface area contributed by atoms with E-state index >= 15 is 0 Å². The van der Waals surface area contributed by atoms with Gasteiger partial charge in [-0.15, -0.1) is 0 Å². The average Bonchev–Trinajstić information content (AvgIpc) is 2.47. The number of hydrogen-bond acceptors (Lipinski definition) is 3. The molecular formula is C15H22N4. The molecule has 1 aromatic rings. The van der Waals surface area contributed by atoms with Gasteiger partial charge >= 0.3 is 0 Å². The minimum absolute atomic E-state index is 0.0504. The molecule has 2 atom stereocenters. The van der Waals surface area contributed by atoms with Crippen molar-refractivity contribution in [1.29, 1.82) is 5.41 Å². The van der Waals surface area contributed by atoms with Crippen LogP contribution in [0, 0.1) is 17.2 Å². The van der Waals surface area contributed by atoms with E-state index in [4.69, 9.17) is 11.1 Å². The molecule has 19 heavy (non-hydrogen) atoms. The van der Waals surface area contributed by atoms with E-state index < -0.39 is 0 Å². The molecule has 4 heteroatoms. The normalized spacial score (nSPS) is 26.8. The predicted octanol–water partition coefficient (Wildman–Crippen LogP) is 2.38. The fourth-order valence-electron chi connectivity index (χ4n) is 3.60. The summed E-state index contributed by atoms with van der Waals surface area (Å²) in [6, 6.07) is 3.99. The van der Waals surface area contributed by atoms with Crippen LogP contribution in [0.3, 0.4) is 0 Å². The van der Waals surface area contributed by atoms with Gasteiger partial charge < -0.3 is 10.6 Å². The summed E-state index contributed by atoms with van der Waals surface area (Å²) in [6.07, 6.45) is 8.69. The Morgan fingerprint density at radius 2 is 2.05 bits per heavy atom. The van der Waals surface area contributed by atoms with Crippen molar-refractivity contribution in [1.82, 2.24) is 4.98 Å². The summed E-state index contributed by atoms with van der Waals surface area (Å²) in [5.74, 6) is 1.85. The summed E-state index contributed by atoms with van der Waals surface area (Å²) < 4.78 is 0. The van der Waals surface area contributed by atoms with Crippen LogP contribution < -0.4 is 10.6 Å². The topological polar surface area (TPSA) is 66.0 Å². The number of nitrogens with two attached hydrogens (primary N) is 1. The smallest absolute Gasteiger partial charge is 0.141 e. The number of piperidine rings is 1. The number of pyridine rings is 1. The van der Waals surface area contributed by atoms with Gasteiger partial charge in [-0.05, 0) is 36.8 Å². The number of hydrogen-bond donors (Lipinski definition) is 2. The summed E-state index contributed by atoms with van der Waals surface area (Å²) in [6.45, 7) is 2.29. The molecule has 0 amide bonds. The lowest BCUT2D eigenvalue weighted by atomic mass is 9.75. The molecule has 0 spiro atoms. The van der Waals surface area contributed by atoms with E-state index in [0.29, 0.717) is 5.69 Å². The molecule has 102 valence electrons. The van der Waals surface area contributed by atoms with Crippen LogP contribution in [-0.4, -0.2) is 23.9 Å². The van der Waals surface area contributed by atoms with Crippen molar-refractivity contribution in [2.75, 3.05) is 18.0 Å². The van der Waals surface area contributed by atoms with Crippen molar-refractivity contribution in [3.63, 3.8) is 0 Å². The van der Waals surface area contributed by atoms with Gasteiger partial charge in [0, 0.05) is 25.0 Å². The van der Waals surface area contributed by atoms with Crippen molar-refractivity contribution >= 4 is 11.5 Å². The van der Waals surface area contributed by atoms with Crippen LogP contribution in [0.5, 0.6) is 0 Å². The molecule has 1 saturated carbocycles. The van der Waals surface area contributed by atoms with E-state index in [-0.39, 0.29) is 5.84 Å². The number of anilines is 1. The molecule has 0 aromatic carbocycles. The van der Waals surface area contributed by atoms with Crippen molar-refractivity contribution in [2.24, 2.45) is 17.6 Å². The molecule has 2 aliphatic rings. The van der Waals surface area contributed by atoms with E-state index in [1.807, 2.05) is 12.1 Å². The quantitative estimate of drug-likeness (QED) is 0.632. The first-order valence-electron chi connectivity index (χ1n) is 7.29. The monoisotopic (exact) mass is 258 g/mol. The summed E-state index contributed by atoms with van der Waals surface area (Å²) in [5.41, 5.74) is 7.28. The SMILES string of the molecule is N=C(N)c1cc(N2CCC3CCCCC3C2)ccn1. The Balaban J connectivity index is 1.75. The van der Waals surface area contributed by atoms with Crippen molar-refractivity contribution < 1.29 is 0 Å². The van der Waals surface area contributed by atoms with Gasteiger partial charge in [-0.25, -0.2) is 0 Å². The highest BCUT2D eigenvalue weighted by atomic mass is 15.1. The van der Waals surface area contributed by atoms with Crippen LogP contribution in [-0.2, 0) is 0 Å². The Morgan fingerprint density at radius 3 is 2.84 bits per heavy atom. The van der Waals surface area contributed by atoms with Crippen LogP contribution in [0.4, 0.5) is 5.69 Å². The maximum Gasteiger partial charge on any atom is 0.141 e. The summed E-state index contributed by atoms with van der Waals surface area (Å²) >= 11 is 0. The maximum atomic E-state index is 7.49. The second-order valence-electron chi connectivity index (χ2n) is 5.85. The van der Waals surface area contributed by atoms with Crippen LogP contribution >= 0.6 is 0 Å². The standard InChI is InChI=1S/C15H22N4/c16-15(17)14-9-13(5-7-18-14)19-8-6-11-3-1-2-4-12(11)10-19/h5,7,9,11-12H,1-4,6,8,10H2,(H3,16,17). The zero-order valence-corrected chi connectivity index (χ0v) is 11.3. The van der Waals surface area contributed by atoms with E-state index in [0.717, 1.165) is 24.9 Å². The summed E-state index contributed by atoms with van der Waals surface area (Å²) in [7, 11) is 0. The molecule has 2 heterocycles. The van der Waals surface area contributed by atoms with Gasteiger partial charge in [-0.1, -0.05) is 19.3 Å². The van der Waals surface area contributed by atoms with Gasteiger partial charge in [0.15, 0.2) is 0 Å². The molecular weight excluding hydrogens is 236 g/mol. The molecule has 1 saturated heterocycles. The van der Waals surface area contributed by atoms with Crippen molar-refractivity contribution in [2.45, 2.75) is 32.1 Å². The van der Waals surface area contributed by atoms with E-state index in [1.54, 1.807) is 6.20 Å². The van der Waals surface area contributed by atoms with Crippen LogP contribution in [0.25, 0.3) is 0 Å². The number of nitrogens with one attached hydrogen (secondary N) is 1. The predicted molar refractivity (Wildman–Crippen MR) is 77.5 cm³/mol. The minimum atomic E-state index is 0.0504. The number of nitrogens with zero attached hydrogens (tertiary/aromatic N) is 2. The third kappa shape index (κ3) is 2.57. The second kappa shape index (κ2) is 5.19. The van der Waals surface area contributed by atoms with E-state index in [2.05, 4.69) is 9.88 Å². The van der Waals surface area contributed by atoms with Crippen molar-refractivity contribution in [3.8, 4) is 0 Å². The van der Waals surface area contributed by atoms with Gasteiger partial charge in [-0.3, -0.25) is 10.4 Å². The fourth-order valence-corrected chi connectivity index (χ4v) is 3.60. The molecule has 1 aliphatic carbocycles. The fraction of sp³-hybridized carbons (Fsp3) is 0.600. The lowest BCUT2D eigenvalue weighted by Gasteiger charge is -2.42. The average molecular weight is 258 g/mol. The van der Waals surface area contributed by atoms with E-state index in [1.165, 1.54) is 37.8 Å². The van der Waals surface area contributed by atoms with Gasteiger partial charge in [0.05, 0.1) is 0 Å². The minimum Gasteiger partial charge on any atom is -0.382 e. The number of aromatic nitrogens is 1. The third-order valence-electron chi connectivity index (χ3n) is 4.68. The van der Waals surface area contributed by atoms with Crippen LogP contribution in [0.15, 0.2) is 18.3 Å². The van der Waals surface area contributed by atoms with Gasteiger partial charge in [-0.2, -0.15) is 0 Å². The first kappa shape index (κ1) is 12.5. The number of fused-ring (bicyclic) bond motifs is 1. The molecule has 0 radical (unpaired) electrons. The first-order valence-corrected chi connectivity index (χ1v) is 7.29. The molecule has 3 rings (SSSR count). The molecule has 4 nitrogen and oxygen atoms in total. The second-order valence-corrected chi connectivity index (χ2v) is 5.85. The van der Waals surface area contributed by atoms with Crippen LogP contribution in [0.1, 0.15) is 37.8 Å². The third-order valence-corrected chi connectivity index (χ3v) is 4.68. The number of amidine groups is 1. The molecule has 1 aliphatic heterocycles. The van der Waals surface area contributed by atoms with Crippen molar-refractivity contribution in [3.05, 3.63) is 24.0 Å².